The molecule has 0 unspecified atom stereocenters. The summed E-state index contributed by atoms with van der Waals surface area (Å²) in [7, 11) is -2.33. The van der Waals surface area contributed by atoms with Crippen LogP contribution in [0, 0.1) is 5.92 Å². The summed E-state index contributed by atoms with van der Waals surface area (Å²) in [5, 5.41) is 0. The van der Waals surface area contributed by atoms with Gasteiger partial charge in [0.1, 0.15) is 11.6 Å². The fourth-order valence-electron chi connectivity index (χ4n) is 5.45. The number of esters is 1. The van der Waals surface area contributed by atoms with E-state index in [0.717, 1.165) is 0 Å². The molecule has 3 atom stereocenters. The van der Waals surface area contributed by atoms with Crippen molar-refractivity contribution in [3.05, 3.63) is 0 Å². The average Bonchev–Trinajstić information content (AvgIpc) is 3.04. The SMILES string of the molecule is CC(=O)OC[C@@H]1C[C@H](C(C)=O)N(C(=O)OC(C)(C)C)[C@@H]1C(=O)CO[Si](C(C)C)(C(C)C)C(C)C. The molecular weight excluding hydrogens is 454 g/mol. The van der Waals surface area contributed by atoms with E-state index in [4.69, 9.17) is 13.9 Å². The van der Waals surface area contributed by atoms with Gasteiger partial charge in [0.25, 0.3) is 0 Å². The maximum absolute atomic E-state index is 13.7. The van der Waals surface area contributed by atoms with Crippen LogP contribution >= 0.6 is 0 Å². The zero-order chi connectivity index (χ0) is 26.6. The van der Waals surface area contributed by atoms with Gasteiger partial charge in [0.2, 0.25) is 8.32 Å². The summed E-state index contributed by atoms with van der Waals surface area (Å²) in [6.07, 6.45) is -0.504. The number of amides is 1. The van der Waals surface area contributed by atoms with Gasteiger partial charge in [-0.15, -0.1) is 0 Å². The van der Waals surface area contributed by atoms with E-state index in [-0.39, 0.29) is 47.8 Å². The summed E-state index contributed by atoms with van der Waals surface area (Å²) >= 11 is 0. The molecule has 0 N–H and O–H groups in total. The van der Waals surface area contributed by atoms with Gasteiger partial charge in [-0.25, -0.2) is 4.79 Å². The predicted octanol–water partition coefficient (Wildman–Crippen LogP) is 4.89. The average molecular weight is 500 g/mol. The highest BCUT2D eigenvalue weighted by Crippen LogP contribution is 2.42. The van der Waals surface area contributed by atoms with Crippen LogP contribution in [-0.4, -0.2) is 67.7 Å². The lowest BCUT2D eigenvalue weighted by atomic mass is 9.96. The van der Waals surface area contributed by atoms with Crippen LogP contribution in [0.1, 0.15) is 82.6 Å². The highest BCUT2D eigenvalue weighted by atomic mass is 28.4. The number of carbonyl (C=O) groups excluding carboxylic acids is 4. The fourth-order valence-corrected chi connectivity index (χ4v) is 10.8. The Balaban J connectivity index is 3.36. The molecule has 0 bridgehead atoms. The van der Waals surface area contributed by atoms with Gasteiger partial charge in [0, 0.05) is 12.8 Å². The van der Waals surface area contributed by atoms with Crippen molar-refractivity contribution in [2.75, 3.05) is 13.2 Å². The highest BCUT2D eigenvalue weighted by Gasteiger charge is 2.52. The first kappa shape index (κ1) is 30.3. The predicted molar refractivity (Wildman–Crippen MR) is 133 cm³/mol. The van der Waals surface area contributed by atoms with Gasteiger partial charge in [-0.1, -0.05) is 41.5 Å². The Morgan fingerprint density at radius 1 is 0.941 bits per heavy atom. The summed E-state index contributed by atoms with van der Waals surface area (Å²) in [4.78, 5) is 52.0. The van der Waals surface area contributed by atoms with Crippen molar-refractivity contribution in [3.8, 4) is 0 Å². The normalized spacial score (nSPS) is 21.4. The molecule has 1 saturated heterocycles. The largest absolute Gasteiger partial charge is 0.465 e. The number of rotatable bonds is 10. The smallest absolute Gasteiger partial charge is 0.411 e. The Morgan fingerprint density at radius 3 is 1.82 bits per heavy atom. The monoisotopic (exact) mass is 499 g/mol. The molecule has 0 saturated carbocycles. The van der Waals surface area contributed by atoms with E-state index in [1.54, 1.807) is 20.8 Å². The van der Waals surface area contributed by atoms with E-state index in [9.17, 15) is 19.2 Å². The van der Waals surface area contributed by atoms with Gasteiger partial charge in [0.15, 0.2) is 11.6 Å². The lowest BCUT2D eigenvalue weighted by molar-refractivity contribution is -0.143. The van der Waals surface area contributed by atoms with Crippen molar-refractivity contribution < 1.29 is 33.1 Å². The van der Waals surface area contributed by atoms with Crippen LogP contribution in [-0.2, 0) is 28.3 Å². The van der Waals surface area contributed by atoms with Crippen LogP contribution in [0.4, 0.5) is 4.79 Å². The van der Waals surface area contributed by atoms with Crippen LogP contribution in [0.2, 0.25) is 16.6 Å². The van der Waals surface area contributed by atoms with E-state index >= 15 is 0 Å². The first-order valence-corrected chi connectivity index (χ1v) is 14.4. The van der Waals surface area contributed by atoms with Gasteiger partial charge in [-0.3, -0.25) is 19.3 Å². The number of nitrogens with zero attached hydrogens (tertiary/aromatic N) is 1. The van der Waals surface area contributed by atoms with E-state index < -0.39 is 44.0 Å². The Labute approximate surface area is 206 Å². The van der Waals surface area contributed by atoms with Crippen molar-refractivity contribution in [2.24, 2.45) is 5.92 Å². The third-order valence-corrected chi connectivity index (χ3v) is 12.7. The maximum atomic E-state index is 13.7. The lowest BCUT2D eigenvalue weighted by Crippen LogP contribution is -2.54. The second-order valence-corrected chi connectivity index (χ2v) is 16.8. The Hall–Kier alpha value is -1.74. The van der Waals surface area contributed by atoms with E-state index in [2.05, 4.69) is 41.5 Å². The molecule has 1 rings (SSSR count). The first-order chi connectivity index (χ1) is 15.5. The summed E-state index contributed by atoms with van der Waals surface area (Å²) in [6.45, 7) is 20.5. The molecule has 34 heavy (non-hydrogen) atoms. The zero-order valence-corrected chi connectivity index (χ0v) is 23.9. The second-order valence-electron chi connectivity index (χ2n) is 11.3. The molecule has 0 aromatic rings. The number of hydrogen-bond acceptors (Lipinski definition) is 7. The molecule has 1 aliphatic rings. The molecule has 1 fully saturated rings. The van der Waals surface area contributed by atoms with Crippen LogP contribution in [0.3, 0.4) is 0 Å². The molecule has 0 aromatic carbocycles. The number of carbonyl (C=O) groups is 4. The van der Waals surface area contributed by atoms with Crippen LogP contribution in [0.5, 0.6) is 0 Å². The summed E-state index contributed by atoms with van der Waals surface area (Å²) in [5.74, 6) is -1.55. The quantitative estimate of drug-likeness (QED) is 0.311. The van der Waals surface area contributed by atoms with Gasteiger partial charge in [-0.05, 0) is 50.7 Å². The third-order valence-electron chi connectivity index (χ3n) is 6.68. The van der Waals surface area contributed by atoms with Crippen LogP contribution < -0.4 is 0 Å². The molecule has 1 amide bonds. The van der Waals surface area contributed by atoms with Crippen molar-refractivity contribution in [1.82, 2.24) is 4.90 Å². The summed E-state index contributed by atoms with van der Waals surface area (Å²) in [6, 6.07) is -1.80. The molecule has 9 heteroatoms. The second kappa shape index (κ2) is 11.8. The van der Waals surface area contributed by atoms with Gasteiger partial charge in [0.05, 0.1) is 19.3 Å². The van der Waals surface area contributed by atoms with Gasteiger partial charge in [-0.2, -0.15) is 0 Å². The van der Waals surface area contributed by atoms with Crippen molar-refractivity contribution in [2.45, 2.75) is 117 Å². The fraction of sp³-hybridized carbons (Fsp3) is 0.840. The highest BCUT2D eigenvalue weighted by molar-refractivity contribution is 6.77. The molecule has 0 radical (unpaired) electrons. The molecule has 196 valence electrons. The van der Waals surface area contributed by atoms with Gasteiger partial charge >= 0.3 is 12.1 Å². The molecule has 0 spiro atoms. The van der Waals surface area contributed by atoms with Crippen molar-refractivity contribution in [3.63, 3.8) is 0 Å². The van der Waals surface area contributed by atoms with Crippen molar-refractivity contribution in [1.29, 1.82) is 0 Å². The topological polar surface area (TPSA) is 99.2 Å². The molecule has 8 nitrogen and oxygen atoms in total. The lowest BCUT2D eigenvalue weighted by Gasteiger charge is -2.42. The van der Waals surface area contributed by atoms with E-state index in [1.165, 1.54) is 18.7 Å². The van der Waals surface area contributed by atoms with E-state index in [0.29, 0.717) is 0 Å². The van der Waals surface area contributed by atoms with Crippen LogP contribution in [0.15, 0.2) is 0 Å². The molecular formula is C25H45NO7Si. The molecule has 1 aliphatic heterocycles. The van der Waals surface area contributed by atoms with Crippen LogP contribution in [0.25, 0.3) is 0 Å². The maximum Gasteiger partial charge on any atom is 0.411 e. The first-order valence-electron chi connectivity index (χ1n) is 12.3. The molecule has 0 aromatic heterocycles. The summed E-state index contributed by atoms with van der Waals surface area (Å²) < 4.78 is 17.3. The Morgan fingerprint density at radius 2 is 1.44 bits per heavy atom. The molecule has 1 heterocycles. The minimum Gasteiger partial charge on any atom is -0.465 e. The van der Waals surface area contributed by atoms with Crippen molar-refractivity contribution >= 4 is 31.9 Å². The Kier molecular flexibility index (Phi) is 10.5. The minimum atomic E-state index is -2.33. The number of hydrogen-bond donors (Lipinski definition) is 0. The minimum absolute atomic E-state index is 0.0596. The van der Waals surface area contributed by atoms with Gasteiger partial charge < -0.3 is 13.9 Å². The standard InChI is InChI=1S/C25H45NO7Si/c1-15(2)34(16(3)4,17(5)6)32-14-22(29)23-20(13-31-19(8)28)12-21(18(7)27)26(23)24(30)33-25(9,10)11/h15-17,20-21,23H,12-14H2,1-11H3/t20-,21+,23-/m0/s1. The molecule has 0 aliphatic carbocycles. The summed E-state index contributed by atoms with van der Waals surface area (Å²) in [5.41, 5.74) is 0.0545. The zero-order valence-electron chi connectivity index (χ0n) is 22.9. The number of likely N-dealkylation sites (tertiary alicyclic amines) is 1. The number of Topliss-reactive ketones (excluding diaryl/α,β-unsaturated/α-hetero) is 2. The third kappa shape index (κ3) is 7.13. The Bertz CT molecular complexity index is 735. The number of ether oxygens (including phenoxy) is 2. The number of ketones is 2. The van der Waals surface area contributed by atoms with E-state index in [1.807, 2.05) is 0 Å².